The molecule has 0 spiro atoms. The second kappa shape index (κ2) is 9.28. The first-order chi connectivity index (χ1) is 13.7. The van der Waals surface area contributed by atoms with Crippen LogP contribution in [0.2, 0.25) is 0 Å². The van der Waals surface area contributed by atoms with Crippen LogP contribution in [-0.4, -0.2) is 20.1 Å². The summed E-state index contributed by atoms with van der Waals surface area (Å²) in [5.74, 6) is 2.48. The summed E-state index contributed by atoms with van der Waals surface area (Å²) >= 11 is 0. The lowest BCUT2D eigenvalue weighted by molar-refractivity contribution is -0.111. The minimum absolute atomic E-state index is 0.230. The van der Waals surface area contributed by atoms with Crippen molar-refractivity contribution in [3.05, 3.63) is 84.4 Å². The van der Waals surface area contributed by atoms with E-state index in [9.17, 15) is 4.79 Å². The third kappa shape index (κ3) is 5.14. The zero-order valence-corrected chi connectivity index (χ0v) is 15.7. The van der Waals surface area contributed by atoms with Crippen molar-refractivity contribution in [2.45, 2.75) is 0 Å². The van der Waals surface area contributed by atoms with Crippen LogP contribution in [0.25, 0.3) is 6.08 Å². The van der Waals surface area contributed by atoms with Gasteiger partial charge in [0, 0.05) is 11.8 Å². The Morgan fingerprint density at radius 1 is 0.821 bits per heavy atom. The summed E-state index contributed by atoms with van der Waals surface area (Å²) in [5.41, 5.74) is 1.52. The van der Waals surface area contributed by atoms with Gasteiger partial charge in [0.1, 0.15) is 11.5 Å². The zero-order chi connectivity index (χ0) is 19.8. The van der Waals surface area contributed by atoms with E-state index >= 15 is 0 Å². The highest BCUT2D eigenvalue weighted by molar-refractivity contribution is 6.02. The molecule has 1 amide bonds. The fraction of sp³-hybridized carbons (Fsp3) is 0.0870. The van der Waals surface area contributed by atoms with E-state index in [1.165, 1.54) is 6.08 Å². The molecule has 0 radical (unpaired) electrons. The summed E-state index contributed by atoms with van der Waals surface area (Å²) in [6, 6.07) is 22.2. The fourth-order valence-electron chi connectivity index (χ4n) is 2.54. The molecular formula is C23H21NO4. The van der Waals surface area contributed by atoms with E-state index in [-0.39, 0.29) is 5.91 Å². The predicted octanol–water partition coefficient (Wildman–Crippen LogP) is 5.15. The largest absolute Gasteiger partial charge is 0.493 e. The van der Waals surface area contributed by atoms with Gasteiger partial charge in [0.25, 0.3) is 0 Å². The molecule has 0 saturated heterocycles. The minimum Gasteiger partial charge on any atom is -0.493 e. The van der Waals surface area contributed by atoms with Gasteiger partial charge in [0.15, 0.2) is 11.5 Å². The maximum absolute atomic E-state index is 12.2. The number of methoxy groups -OCH3 is 2. The maximum Gasteiger partial charge on any atom is 0.248 e. The summed E-state index contributed by atoms with van der Waals surface area (Å²) in [6.07, 6.45) is 3.18. The summed E-state index contributed by atoms with van der Waals surface area (Å²) < 4.78 is 16.2. The van der Waals surface area contributed by atoms with E-state index < -0.39 is 0 Å². The van der Waals surface area contributed by atoms with Gasteiger partial charge in [-0.2, -0.15) is 0 Å². The number of anilines is 1. The third-order valence-corrected chi connectivity index (χ3v) is 3.94. The molecule has 1 N–H and O–H groups in total. The quantitative estimate of drug-likeness (QED) is 0.581. The number of rotatable bonds is 7. The molecule has 3 aromatic carbocycles. The Labute approximate surface area is 164 Å². The molecule has 28 heavy (non-hydrogen) atoms. The van der Waals surface area contributed by atoms with Crippen LogP contribution in [0.5, 0.6) is 23.0 Å². The normalized spacial score (nSPS) is 10.5. The first-order valence-corrected chi connectivity index (χ1v) is 8.72. The Morgan fingerprint density at radius 3 is 2.18 bits per heavy atom. The number of ether oxygens (including phenoxy) is 3. The van der Waals surface area contributed by atoms with Gasteiger partial charge < -0.3 is 19.5 Å². The standard InChI is InChI=1S/C23H21NO4/c1-26-21-14-8-17(16-22(21)27-2)9-15-23(25)24-18-10-12-20(13-11-18)28-19-6-4-3-5-7-19/h3-16H,1-2H3,(H,24,25). The van der Waals surface area contributed by atoms with Crippen LogP contribution in [0.1, 0.15) is 5.56 Å². The van der Waals surface area contributed by atoms with Gasteiger partial charge in [0.05, 0.1) is 14.2 Å². The van der Waals surface area contributed by atoms with Crippen LogP contribution in [0.3, 0.4) is 0 Å². The van der Waals surface area contributed by atoms with Crippen LogP contribution >= 0.6 is 0 Å². The molecule has 0 heterocycles. The number of para-hydroxylation sites is 1. The van der Waals surface area contributed by atoms with E-state index in [2.05, 4.69) is 5.32 Å². The molecule has 0 aliphatic carbocycles. The molecule has 0 atom stereocenters. The molecule has 5 heteroatoms. The second-order valence-corrected chi connectivity index (χ2v) is 5.88. The van der Waals surface area contributed by atoms with Gasteiger partial charge in [-0.1, -0.05) is 24.3 Å². The molecule has 0 aliphatic heterocycles. The van der Waals surface area contributed by atoms with Crippen LogP contribution in [-0.2, 0) is 4.79 Å². The molecular weight excluding hydrogens is 354 g/mol. The van der Waals surface area contributed by atoms with Gasteiger partial charge in [0.2, 0.25) is 5.91 Å². The Kier molecular flexibility index (Phi) is 6.31. The Bertz CT molecular complexity index is 950. The fourth-order valence-corrected chi connectivity index (χ4v) is 2.54. The van der Waals surface area contributed by atoms with E-state index in [0.717, 1.165) is 11.3 Å². The predicted molar refractivity (Wildman–Crippen MR) is 110 cm³/mol. The number of amides is 1. The highest BCUT2D eigenvalue weighted by Crippen LogP contribution is 2.28. The minimum atomic E-state index is -0.230. The lowest BCUT2D eigenvalue weighted by Gasteiger charge is -2.08. The van der Waals surface area contributed by atoms with Crippen molar-refractivity contribution < 1.29 is 19.0 Å². The molecule has 3 rings (SSSR count). The van der Waals surface area contributed by atoms with Crippen molar-refractivity contribution in [3.63, 3.8) is 0 Å². The van der Waals surface area contributed by atoms with E-state index in [1.54, 1.807) is 56.7 Å². The molecule has 0 aliphatic rings. The Hall–Kier alpha value is -3.73. The molecule has 142 valence electrons. The van der Waals surface area contributed by atoms with Crippen LogP contribution < -0.4 is 19.5 Å². The topological polar surface area (TPSA) is 56.8 Å². The second-order valence-electron chi connectivity index (χ2n) is 5.88. The molecule has 3 aromatic rings. The average molecular weight is 375 g/mol. The lowest BCUT2D eigenvalue weighted by atomic mass is 10.2. The van der Waals surface area contributed by atoms with Crippen molar-refractivity contribution in [2.75, 3.05) is 19.5 Å². The number of carbonyl (C=O) groups excluding carboxylic acids is 1. The van der Waals surface area contributed by atoms with E-state index in [4.69, 9.17) is 14.2 Å². The highest BCUT2D eigenvalue weighted by atomic mass is 16.5. The summed E-state index contributed by atoms with van der Waals surface area (Å²) in [7, 11) is 3.15. The van der Waals surface area contributed by atoms with E-state index in [1.807, 2.05) is 36.4 Å². The maximum atomic E-state index is 12.2. The SMILES string of the molecule is COc1ccc(C=CC(=O)Nc2ccc(Oc3ccccc3)cc2)cc1OC. The molecule has 0 fully saturated rings. The van der Waals surface area contributed by atoms with Gasteiger partial charge in [-0.05, 0) is 60.2 Å². The van der Waals surface area contributed by atoms with Crippen molar-refractivity contribution in [3.8, 4) is 23.0 Å². The first-order valence-electron chi connectivity index (χ1n) is 8.72. The number of benzene rings is 3. The van der Waals surface area contributed by atoms with Crippen molar-refractivity contribution in [1.82, 2.24) is 0 Å². The summed E-state index contributed by atoms with van der Waals surface area (Å²) in [6.45, 7) is 0. The number of hydrogen-bond acceptors (Lipinski definition) is 4. The third-order valence-electron chi connectivity index (χ3n) is 3.94. The Morgan fingerprint density at radius 2 is 1.50 bits per heavy atom. The number of hydrogen-bond donors (Lipinski definition) is 1. The van der Waals surface area contributed by atoms with Crippen LogP contribution in [0.15, 0.2) is 78.9 Å². The van der Waals surface area contributed by atoms with Crippen LogP contribution in [0.4, 0.5) is 5.69 Å². The Balaban J connectivity index is 1.59. The van der Waals surface area contributed by atoms with Gasteiger partial charge in [-0.3, -0.25) is 4.79 Å². The van der Waals surface area contributed by atoms with Gasteiger partial charge >= 0.3 is 0 Å². The number of carbonyl (C=O) groups is 1. The highest BCUT2D eigenvalue weighted by Gasteiger charge is 2.04. The average Bonchev–Trinajstić information content (AvgIpc) is 2.74. The molecule has 0 unspecified atom stereocenters. The van der Waals surface area contributed by atoms with Crippen LogP contribution in [0, 0.1) is 0 Å². The molecule has 0 saturated carbocycles. The van der Waals surface area contributed by atoms with E-state index in [0.29, 0.717) is 22.9 Å². The summed E-state index contributed by atoms with van der Waals surface area (Å²) in [4.78, 5) is 12.2. The van der Waals surface area contributed by atoms with Gasteiger partial charge in [-0.15, -0.1) is 0 Å². The smallest absolute Gasteiger partial charge is 0.248 e. The van der Waals surface area contributed by atoms with Crippen molar-refractivity contribution >= 4 is 17.7 Å². The molecule has 5 nitrogen and oxygen atoms in total. The number of nitrogens with one attached hydrogen (secondary N) is 1. The van der Waals surface area contributed by atoms with Crippen molar-refractivity contribution in [1.29, 1.82) is 0 Å². The van der Waals surface area contributed by atoms with Crippen molar-refractivity contribution in [2.24, 2.45) is 0 Å². The molecule has 0 aromatic heterocycles. The molecule has 0 bridgehead atoms. The monoisotopic (exact) mass is 375 g/mol. The summed E-state index contributed by atoms with van der Waals surface area (Å²) in [5, 5.41) is 2.82. The lowest BCUT2D eigenvalue weighted by Crippen LogP contribution is -2.07. The van der Waals surface area contributed by atoms with Gasteiger partial charge in [-0.25, -0.2) is 0 Å². The first kappa shape index (κ1) is 19.0. The zero-order valence-electron chi connectivity index (χ0n) is 15.7.